The van der Waals surface area contributed by atoms with Gasteiger partial charge in [0.1, 0.15) is 11.5 Å². The smallest absolute Gasteiger partial charge is 0.127 e. The van der Waals surface area contributed by atoms with E-state index in [4.69, 9.17) is 4.74 Å². The van der Waals surface area contributed by atoms with Crippen molar-refractivity contribution in [3.63, 3.8) is 0 Å². The summed E-state index contributed by atoms with van der Waals surface area (Å²) in [5.41, 5.74) is 14.0. The third-order valence-electron chi connectivity index (χ3n) is 11.3. The van der Waals surface area contributed by atoms with Crippen molar-refractivity contribution >= 4 is 17.1 Å². The van der Waals surface area contributed by atoms with Crippen molar-refractivity contribution < 1.29 is 4.74 Å². The topological polar surface area (TPSA) is 12.5 Å². The molecule has 8 aromatic rings. The van der Waals surface area contributed by atoms with Crippen LogP contribution in [0.2, 0.25) is 0 Å². The van der Waals surface area contributed by atoms with Crippen molar-refractivity contribution in [3.05, 3.63) is 234 Å². The van der Waals surface area contributed by atoms with E-state index in [0.29, 0.717) is 5.92 Å². The molecule has 0 spiro atoms. The molecule has 0 saturated carbocycles. The summed E-state index contributed by atoms with van der Waals surface area (Å²) >= 11 is 0. The van der Waals surface area contributed by atoms with Gasteiger partial charge in [-0.15, -0.1) is 0 Å². The van der Waals surface area contributed by atoms with E-state index in [1.54, 1.807) is 0 Å². The van der Waals surface area contributed by atoms with E-state index in [9.17, 15) is 0 Å². The predicted octanol–water partition coefficient (Wildman–Crippen LogP) is 14.5. The lowest BCUT2D eigenvalue weighted by Gasteiger charge is -2.35. The van der Waals surface area contributed by atoms with E-state index in [1.165, 1.54) is 50.1 Å². The van der Waals surface area contributed by atoms with Crippen molar-refractivity contribution in [1.29, 1.82) is 0 Å². The van der Waals surface area contributed by atoms with Crippen LogP contribution in [0.1, 0.15) is 54.0 Å². The number of para-hydroxylation sites is 1. The van der Waals surface area contributed by atoms with Crippen LogP contribution in [0, 0.1) is 0 Å². The molecule has 0 amide bonds. The fraction of sp³-hybridized carbons (Fsp3) is 0.0943. The number of benzene rings is 8. The molecule has 1 aliphatic rings. The van der Waals surface area contributed by atoms with Gasteiger partial charge in [0.2, 0.25) is 0 Å². The minimum Gasteiger partial charge on any atom is -0.457 e. The van der Waals surface area contributed by atoms with Gasteiger partial charge in [0.15, 0.2) is 0 Å². The molecule has 0 aromatic heterocycles. The normalized spacial score (nSPS) is 14.8. The molecule has 0 fully saturated rings. The van der Waals surface area contributed by atoms with Gasteiger partial charge in [-0.3, -0.25) is 0 Å². The molecular formula is C53H43NO. The molecule has 0 saturated heterocycles. The highest BCUT2D eigenvalue weighted by Crippen LogP contribution is 2.57. The Kier molecular flexibility index (Phi) is 9.09. The molecule has 266 valence electrons. The lowest BCUT2D eigenvalue weighted by Crippen LogP contribution is -2.28. The van der Waals surface area contributed by atoms with E-state index in [-0.39, 0.29) is 0 Å². The number of ether oxygens (including phenoxy) is 1. The zero-order chi connectivity index (χ0) is 37.2. The summed E-state index contributed by atoms with van der Waals surface area (Å²) in [6, 6.07) is 74.4. The summed E-state index contributed by atoms with van der Waals surface area (Å²) in [5.74, 6) is 2.19. The Hall–Kier alpha value is -6.64. The average Bonchev–Trinajstić information content (AvgIpc) is 3.56. The zero-order valence-corrected chi connectivity index (χ0v) is 31.3. The van der Waals surface area contributed by atoms with E-state index < -0.39 is 5.41 Å². The molecule has 2 atom stereocenters. The van der Waals surface area contributed by atoms with Crippen LogP contribution in [0.15, 0.2) is 206 Å². The monoisotopic (exact) mass is 709 g/mol. The second-order valence-electron chi connectivity index (χ2n) is 14.5. The minimum absolute atomic E-state index is 0.528. The number of nitrogens with zero attached hydrogens (tertiary/aromatic N) is 1. The third kappa shape index (κ3) is 6.20. The summed E-state index contributed by atoms with van der Waals surface area (Å²) in [6.45, 7) is 4.49. The molecule has 0 N–H and O–H groups in total. The van der Waals surface area contributed by atoms with Crippen molar-refractivity contribution in [3.8, 4) is 33.8 Å². The Balaban J connectivity index is 1.18. The Labute approximate surface area is 325 Å². The number of hydrogen-bond acceptors (Lipinski definition) is 2. The number of anilines is 3. The highest BCUT2D eigenvalue weighted by atomic mass is 16.5. The fourth-order valence-electron chi connectivity index (χ4n) is 8.35. The van der Waals surface area contributed by atoms with Crippen molar-refractivity contribution in [2.75, 3.05) is 4.90 Å². The molecule has 1 aliphatic carbocycles. The molecule has 2 heteroatoms. The molecule has 0 bridgehead atoms. The highest BCUT2D eigenvalue weighted by molar-refractivity contribution is 5.89. The first-order chi connectivity index (χ1) is 27.1. The van der Waals surface area contributed by atoms with Gasteiger partial charge in [-0.05, 0) is 123 Å². The second-order valence-corrected chi connectivity index (χ2v) is 14.5. The summed E-state index contributed by atoms with van der Waals surface area (Å²) in [5, 5.41) is 0. The largest absolute Gasteiger partial charge is 0.457 e. The van der Waals surface area contributed by atoms with E-state index in [2.05, 4.69) is 225 Å². The van der Waals surface area contributed by atoms with E-state index >= 15 is 0 Å². The van der Waals surface area contributed by atoms with Gasteiger partial charge < -0.3 is 9.64 Å². The Morgan fingerprint density at radius 2 is 0.964 bits per heavy atom. The lowest BCUT2D eigenvalue weighted by atomic mass is 9.67. The average molecular weight is 710 g/mol. The standard InChI is InChI=1S/C53H43NO/c1-3-38(2)39-25-32-47(33-26-39)55-48-34-27-43(28-35-48)53(42-17-9-5-10-18-42)51-22-14-13-21-49(51)50-36-31-46(37-52(50)53)54(44-19-11-6-12-20-44)45-29-23-41(24-30-45)40-15-7-4-8-16-40/h4-38H,3H2,1-2H3. The van der Waals surface area contributed by atoms with E-state index in [0.717, 1.165) is 35.0 Å². The van der Waals surface area contributed by atoms with Crippen molar-refractivity contribution in [2.45, 2.75) is 31.6 Å². The van der Waals surface area contributed by atoms with Crippen LogP contribution in [0.25, 0.3) is 22.3 Å². The summed E-state index contributed by atoms with van der Waals surface area (Å²) in [7, 11) is 0. The number of rotatable bonds is 10. The molecule has 2 nitrogen and oxygen atoms in total. The van der Waals surface area contributed by atoms with Crippen molar-refractivity contribution in [1.82, 2.24) is 0 Å². The van der Waals surface area contributed by atoms with Crippen LogP contribution < -0.4 is 9.64 Å². The lowest BCUT2D eigenvalue weighted by molar-refractivity contribution is 0.481. The van der Waals surface area contributed by atoms with Gasteiger partial charge in [-0.1, -0.05) is 159 Å². The van der Waals surface area contributed by atoms with Gasteiger partial charge >= 0.3 is 0 Å². The van der Waals surface area contributed by atoms with Gasteiger partial charge in [-0.25, -0.2) is 0 Å². The van der Waals surface area contributed by atoms with Crippen LogP contribution in [-0.4, -0.2) is 0 Å². The molecule has 55 heavy (non-hydrogen) atoms. The number of fused-ring (bicyclic) bond motifs is 3. The van der Waals surface area contributed by atoms with Gasteiger partial charge in [0.05, 0.1) is 5.41 Å². The highest BCUT2D eigenvalue weighted by Gasteiger charge is 2.46. The molecule has 9 rings (SSSR count). The maximum absolute atomic E-state index is 6.42. The molecule has 0 heterocycles. The van der Waals surface area contributed by atoms with Gasteiger partial charge in [0.25, 0.3) is 0 Å². The predicted molar refractivity (Wildman–Crippen MR) is 229 cm³/mol. The third-order valence-corrected chi connectivity index (χ3v) is 11.3. The van der Waals surface area contributed by atoms with Crippen LogP contribution in [0.3, 0.4) is 0 Å². The van der Waals surface area contributed by atoms with Gasteiger partial charge in [0, 0.05) is 17.1 Å². The Morgan fingerprint density at radius 1 is 0.455 bits per heavy atom. The fourth-order valence-corrected chi connectivity index (χ4v) is 8.35. The minimum atomic E-state index is -0.556. The molecule has 0 radical (unpaired) electrons. The Bertz CT molecular complexity index is 2530. The van der Waals surface area contributed by atoms with Crippen LogP contribution in [0.5, 0.6) is 11.5 Å². The maximum Gasteiger partial charge on any atom is 0.127 e. The molecule has 2 unspecified atom stereocenters. The number of hydrogen-bond donors (Lipinski definition) is 0. The van der Waals surface area contributed by atoms with Crippen LogP contribution >= 0.6 is 0 Å². The summed E-state index contributed by atoms with van der Waals surface area (Å²) in [6.07, 6.45) is 1.12. The molecule has 0 aliphatic heterocycles. The Morgan fingerprint density at radius 3 is 1.64 bits per heavy atom. The van der Waals surface area contributed by atoms with Crippen LogP contribution in [-0.2, 0) is 5.41 Å². The van der Waals surface area contributed by atoms with Crippen LogP contribution in [0.4, 0.5) is 17.1 Å². The second kappa shape index (κ2) is 14.6. The maximum atomic E-state index is 6.42. The SMILES string of the molecule is CCC(C)c1ccc(Oc2ccc(C3(c4ccccc4)c4ccccc4-c4ccc(N(c5ccccc5)c5ccc(-c6ccccc6)cc5)cc43)cc2)cc1. The van der Waals surface area contributed by atoms with E-state index in [1.807, 2.05) is 0 Å². The molecule has 8 aromatic carbocycles. The quantitative estimate of drug-likeness (QED) is 0.140. The zero-order valence-electron chi connectivity index (χ0n) is 31.3. The first-order valence-corrected chi connectivity index (χ1v) is 19.3. The molecular weight excluding hydrogens is 667 g/mol. The summed E-state index contributed by atoms with van der Waals surface area (Å²) in [4.78, 5) is 2.37. The van der Waals surface area contributed by atoms with Gasteiger partial charge in [-0.2, -0.15) is 0 Å². The first kappa shape index (κ1) is 34.1. The van der Waals surface area contributed by atoms with Crippen molar-refractivity contribution in [2.24, 2.45) is 0 Å². The first-order valence-electron chi connectivity index (χ1n) is 19.3. The summed E-state index contributed by atoms with van der Waals surface area (Å²) < 4.78 is 6.42.